The smallest absolute Gasteiger partial charge is 0.123 e. The molecule has 2 aromatic rings. The van der Waals surface area contributed by atoms with Crippen molar-refractivity contribution < 1.29 is 4.39 Å². The fourth-order valence-corrected chi connectivity index (χ4v) is 2.52. The topological polar surface area (TPSA) is 29.9 Å². The second-order valence-electron chi connectivity index (χ2n) is 5.05. The molecular formula is C16H18FN3. The lowest BCUT2D eigenvalue weighted by Gasteiger charge is -2.15. The minimum atomic E-state index is -0.209. The van der Waals surface area contributed by atoms with Crippen LogP contribution in [0.2, 0.25) is 0 Å². The van der Waals surface area contributed by atoms with Crippen LogP contribution in [0.15, 0.2) is 48.4 Å². The third kappa shape index (κ3) is 2.96. The lowest BCUT2D eigenvalue weighted by Crippen LogP contribution is -2.21. The molecule has 0 amide bonds. The number of benzene rings is 1. The summed E-state index contributed by atoms with van der Waals surface area (Å²) in [4.78, 5) is 4.22. The van der Waals surface area contributed by atoms with Crippen LogP contribution in [-0.2, 0) is 6.54 Å². The highest BCUT2D eigenvalue weighted by Gasteiger charge is 2.07. The van der Waals surface area contributed by atoms with Crippen molar-refractivity contribution in [2.24, 2.45) is 0 Å². The summed E-state index contributed by atoms with van der Waals surface area (Å²) in [5, 5.41) is 3.32. The van der Waals surface area contributed by atoms with Gasteiger partial charge in [-0.05, 0) is 49.2 Å². The fraction of sp³-hybridized carbons (Fsp3) is 0.312. The van der Waals surface area contributed by atoms with E-state index in [2.05, 4.69) is 20.9 Å². The van der Waals surface area contributed by atoms with E-state index in [0.29, 0.717) is 0 Å². The van der Waals surface area contributed by atoms with Crippen LogP contribution in [0.5, 0.6) is 0 Å². The molecule has 2 heterocycles. The molecule has 0 unspecified atom stereocenters. The summed E-state index contributed by atoms with van der Waals surface area (Å²) in [6.07, 6.45) is 8.13. The molecule has 0 atom stereocenters. The number of nitrogens with zero attached hydrogens (tertiary/aromatic N) is 2. The van der Waals surface area contributed by atoms with Gasteiger partial charge < -0.3 is 9.88 Å². The SMILES string of the molecule is Fc1ccc(-c2cncn2CCC2=CCNCC2)cc1. The van der Waals surface area contributed by atoms with Crippen LogP contribution in [0, 0.1) is 5.82 Å². The van der Waals surface area contributed by atoms with E-state index in [0.717, 1.165) is 43.7 Å². The first kappa shape index (κ1) is 13.1. The van der Waals surface area contributed by atoms with Crippen molar-refractivity contribution in [2.45, 2.75) is 19.4 Å². The summed E-state index contributed by atoms with van der Waals surface area (Å²) in [6, 6.07) is 6.57. The normalized spacial score (nSPS) is 15.2. The predicted octanol–water partition coefficient (Wildman–Crippen LogP) is 3.00. The van der Waals surface area contributed by atoms with E-state index in [-0.39, 0.29) is 5.82 Å². The zero-order valence-electron chi connectivity index (χ0n) is 11.3. The van der Waals surface area contributed by atoms with E-state index in [1.807, 2.05) is 12.5 Å². The number of rotatable bonds is 4. The summed E-state index contributed by atoms with van der Waals surface area (Å²) in [5.74, 6) is -0.209. The summed E-state index contributed by atoms with van der Waals surface area (Å²) < 4.78 is 15.1. The van der Waals surface area contributed by atoms with E-state index < -0.39 is 0 Å². The minimum absolute atomic E-state index is 0.209. The highest BCUT2D eigenvalue weighted by Crippen LogP contribution is 2.21. The molecule has 0 spiro atoms. The summed E-state index contributed by atoms with van der Waals surface area (Å²) in [6.45, 7) is 2.96. The van der Waals surface area contributed by atoms with Gasteiger partial charge in [0.25, 0.3) is 0 Å². The first-order valence-electron chi connectivity index (χ1n) is 6.97. The average molecular weight is 271 g/mol. The van der Waals surface area contributed by atoms with Gasteiger partial charge in [0.1, 0.15) is 5.82 Å². The zero-order valence-corrected chi connectivity index (χ0v) is 11.3. The predicted molar refractivity (Wildman–Crippen MR) is 77.8 cm³/mol. The van der Waals surface area contributed by atoms with Gasteiger partial charge in [0, 0.05) is 13.1 Å². The molecule has 0 aliphatic carbocycles. The number of nitrogens with one attached hydrogen (secondary N) is 1. The molecular weight excluding hydrogens is 253 g/mol. The fourth-order valence-electron chi connectivity index (χ4n) is 2.52. The van der Waals surface area contributed by atoms with Crippen molar-refractivity contribution in [2.75, 3.05) is 13.1 Å². The monoisotopic (exact) mass is 271 g/mol. The molecule has 1 aromatic carbocycles. The first-order chi connectivity index (χ1) is 9.83. The molecule has 0 saturated carbocycles. The van der Waals surface area contributed by atoms with Gasteiger partial charge in [-0.3, -0.25) is 0 Å². The molecule has 1 aromatic heterocycles. The van der Waals surface area contributed by atoms with Crippen LogP contribution in [0.25, 0.3) is 11.3 Å². The van der Waals surface area contributed by atoms with E-state index >= 15 is 0 Å². The Morgan fingerprint density at radius 2 is 2.10 bits per heavy atom. The Morgan fingerprint density at radius 3 is 2.85 bits per heavy atom. The van der Waals surface area contributed by atoms with Crippen LogP contribution >= 0.6 is 0 Å². The van der Waals surface area contributed by atoms with E-state index in [1.54, 1.807) is 12.1 Å². The minimum Gasteiger partial charge on any atom is -0.330 e. The Morgan fingerprint density at radius 1 is 1.25 bits per heavy atom. The zero-order chi connectivity index (χ0) is 13.8. The number of imidazole rings is 1. The molecule has 4 heteroatoms. The molecule has 20 heavy (non-hydrogen) atoms. The van der Waals surface area contributed by atoms with Crippen molar-refractivity contribution in [3.63, 3.8) is 0 Å². The number of hydrogen-bond acceptors (Lipinski definition) is 2. The molecule has 1 aliphatic rings. The molecule has 1 aliphatic heterocycles. The Hall–Kier alpha value is -1.94. The van der Waals surface area contributed by atoms with Gasteiger partial charge >= 0.3 is 0 Å². The average Bonchev–Trinajstić information content (AvgIpc) is 2.95. The van der Waals surface area contributed by atoms with Crippen LogP contribution in [-0.4, -0.2) is 22.6 Å². The van der Waals surface area contributed by atoms with Crippen LogP contribution in [0.4, 0.5) is 4.39 Å². The van der Waals surface area contributed by atoms with Gasteiger partial charge in [-0.1, -0.05) is 11.6 Å². The molecule has 0 radical (unpaired) electrons. The highest BCUT2D eigenvalue weighted by molar-refractivity contribution is 5.58. The van der Waals surface area contributed by atoms with E-state index in [9.17, 15) is 4.39 Å². The van der Waals surface area contributed by atoms with Gasteiger partial charge in [-0.25, -0.2) is 9.37 Å². The first-order valence-corrected chi connectivity index (χ1v) is 6.97. The Balaban J connectivity index is 1.73. The summed E-state index contributed by atoms with van der Waals surface area (Å²) in [5.41, 5.74) is 3.55. The van der Waals surface area contributed by atoms with Gasteiger partial charge in [0.2, 0.25) is 0 Å². The number of aromatic nitrogens is 2. The lowest BCUT2D eigenvalue weighted by atomic mass is 10.1. The van der Waals surface area contributed by atoms with Crippen LogP contribution < -0.4 is 5.32 Å². The maximum absolute atomic E-state index is 13.0. The van der Waals surface area contributed by atoms with Crippen molar-refractivity contribution in [3.8, 4) is 11.3 Å². The second-order valence-corrected chi connectivity index (χ2v) is 5.05. The van der Waals surface area contributed by atoms with Gasteiger partial charge in [-0.2, -0.15) is 0 Å². The Bertz CT molecular complexity index is 598. The maximum atomic E-state index is 13.0. The molecule has 3 nitrogen and oxygen atoms in total. The van der Waals surface area contributed by atoms with Gasteiger partial charge in [-0.15, -0.1) is 0 Å². The van der Waals surface area contributed by atoms with Gasteiger partial charge in [0.15, 0.2) is 0 Å². The largest absolute Gasteiger partial charge is 0.330 e. The third-order valence-electron chi connectivity index (χ3n) is 3.68. The molecule has 1 N–H and O–H groups in total. The number of hydrogen-bond donors (Lipinski definition) is 1. The van der Waals surface area contributed by atoms with Crippen molar-refractivity contribution in [1.29, 1.82) is 0 Å². The van der Waals surface area contributed by atoms with Crippen molar-refractivity contribution in [1.82, 2.24) is 14.9 Å². The van der Waals surface area contributed by atoms with Crippen molar-refractivity contribution in [3.05, 3.63) is 54.3 Å². The van der Waals surface area contributed by atoms with E-state index in [4.69, 9.17) is 0 Å². The van der Waals surface area contributed by atoms with Crippen LogP contribution in [0.3, 0.4) is 0 Å². The standard InChI is InChI=1S/C16H18FN3/c17-15-3-1-14(2-4-15)16-11-19-12-20(16)10-7-13-5-8-18-9-6-13/h1-5,11-12,18H,6-10H2. The molecule has 0 bridgehead atoms. The number of aryl methyl sites for hydroxylation is 1. The molecule has 0 fully saturated rings. The molecule has 3 rings (SSSR count). The highest BCUT2D eigenvalue weighted by atomic mass is 19.1. The second kappa shape index (κ2) is 6.01. The van der Waals surface area contributed by atoms with Crippen molar-refractivity contribution >= 4 is 0 Å². The molecule has 0 saturated heterocycles. The quantitative estimate of drug-likeness (QED) is 0.866. The summed E-state index contributed by atoms with van der Waals surface area (Å²) in [7, 11) is 0. The van der Waals surface area contributed by atoms with Gasteiger partial charge in [0.05, 0.1) is 18.2 Å². The molecule has 104 valence electrons. The summed E-state index contributed by atoms with van der Waals surface area (Å²) >= 11 is 0. The third-order valence-corrected chi connectivity index (χ3v) is 3.68. The lowest BCUT2D eigenvalue weighted by molar-refractivity contribution is 0.627. The van der Waals surface area contributed by atoms with Crippen LogP contribution in [0.1, 0.15) is 12.8 Å². The number of halogens is 1. The Labute approximate surface area is 118 Å². The van der Waals surface area contributed by atoms with E-state index in [1.165, 1.54) is 17.7 Å². The Kier molecular flexibility index (Phi) is 3.92. The maximum Gasteiger partial charge on any atom is 0.123 e.